The van der Waals surface area contributed by atoms with Crippen LogP contribution >= 0.6 is 11.3 Å². The van der Waals surface area contributed by atoms with Crippen LogP contribution in [0.15, 0.2) is 24.3 Å². The molecule has 1 saturated carbocycles. The zero-order valence-corrected chi connectivity index (χ0v) is 13.5. The van der Waals surface area contributed by atoms with Gasteiger partial charge in [-0.15, -0.1) is 21.5 Å². The second-order valence-electron chi connectivity index (χ2n) is 5.85. The van der Waals surface area contributed by atoms with Crippen molar-refractivity contribution < 1.29 is 0 Å². The van der Waals surface area contributed by atoms with Crippen LogP contribution in [0.4, 0.5) is 0 Å². The molecule has 4 heteroatoms. The van der Waals surface area contributed by atoms with Crippen molar-refractivity contribution in [3.8, 4) is 0 Å². The van der Waals surface area contributed by atoms with Gasteiger partial charge in [0.25, 0.3) is 0 Å². The van der Waals surface area contributed by atoms with E-state index in [0.717, 1.165) is 31.8 Å². The van der Waals surface area contributed by atoms with E-state index in [1.54, 1.807) is 11.3 Å². The van der Waals surface area contributed by atoms with E-state index in [9.17, 15) is 0 Å². The Kier molecular flexibility index (Phi) is 4.99. The van der Waals surface area contributed by atoms with Gasteiger partial charge in [0.15, 0.2) is 0 Å². The van der Waals surface area contributed by atoms with Crippen LogP contribution in [0.5, 0.6) is 0 Å². The van der Waals surface area contributed by atoms with Gasteiger partial charge in [0.05, 0.1) is 0 Å². The van der Waals surface area contributed by atoms with Crippen LogP contribution < -0.4 is 5.32 Å². The van der Waals surface area contributed by atoms with Crippen LogP contribution in [-0.4, -0.2) is 22.8 Å². The Bertz CT molecular complexity index is 575. The third-order valence-corrected chi connectivity index (χ3v) is 5.00. The fraction of sp³-hybridized carbons (Fsp3) is 0.529. The summed E-state index contributed by atoms with van der Waals surface area (Å²) in [5.74, 6) is 0. The highest BCUT2D eigenvalue weighted by Gasteiger charge is 2.19. The minimum atomic E-state index is 0.809. The quantitative estimate of drug-likeness (QED) is 0.760. The Balaban J connectivity index is 1.42. The number of hydrogen-bond acceptors (Lipinski definition) is 4. The molecule has 3 rings (SSSR count). The molecule has 1 heterocycles. The predicted octanol–water partition coefficient (Wildman–Crippen LogP) is 3.32. The first-order chi connectivity index (χ1) is 10.3. The van der Waals surface area contributed by atoms with Gasteiger partial charge in [-0.3, -0.25) is 0 Å². The number of aromatic nitrogens is 2. The molecule has 21 heavy (non-hydrogen) atoms. The molecule has 2 aromatic rings. The molecule has 0 amide bonds. The normalized spacial score (nSPS) is 14.5. The maximum absolute atomic E-state index is 4.34. The third kappa shape index (κ3) is 4.61. The van der Waals surface area contributed by atoms with Crippen molar-refractivity contribution in [2.24, 2.45) is 0 Å². The number of hydrogen-bond donors (Lipinski definition) is 1. The van der Waals surface area contributed by atoms with E-state index in [-0.39, 0.29) is 0 Å². The van der Waals surface area contributed by atoms with Crippen molar-refractivity contribution in [3.63, 3.8) is 0 Å². The number of aryl methyl sites for hydroxylation is 4. The van der Waals surface area contributed by atoms with Crippen LogP contribution in [0.25, 0.3) is 0 Å². The topological polar surface area (TPSA) is 37.8 Å². The molecule has 1 aliphatic carbocycles. The van der Waals surface area contributed by atoms with Crippen molar-refractivity contribution in [1.82, 2.24) is 15.5 Å². The molecule has 1 aromatic carbocycles. The standard InChI is InChI=1S/C17H23N3S/c1-13-5-2-3-6-14(13)8-11-17-20-19-16(21-17)7-4-12-18-15-9-10-15/h2-3,5-6,15,18H,4,7-12H2,1H3. The Morgan fingerprint density at radius 3 is 2.62 bits per heavy atom. The van der Waals surface area contributed by atoms with E-state index in [0.29, 0.717) is 0 Å². The molecule has 3 nitrogen and oxygen atoms in total. The molecule has 112 valence electrons. The summed E-state index contributed by atoms with van der Waals surface area (Å²) in [7, 11) is 0. The lowest BCUT2D eigenvalue weighted by Crippen LogP contribution is -2.17. The van der Waals surface area contributed by atoms with Crippen molar-refractivity contribution in [1.29, 1.82) is 0 Å². The van der Waals surface area contributed by atoms with Gasteiger partial charge >= 0.3 is 0 Å². The Morgan fingerprint density at radius 2 is 1.86 bits per heavy atom. The molecule has 0 radical (unpaired) electrons. The Hall–Kier alpha value is -1.26. The van der Waals surface area contributed by atoms with Crippen LogP contribution in [0.2, 0.25) is 0 Å². The minimum absolute atomic E-state index is 0.809. The number of nitrogens with zero attached hydrogens (tertiary/aromatic N) is 2. The first-order valence-electron chi connectivity index (χ1n) is 7.90. The summed E-state index contributed by atoms with van der Waals surface area (Å²) < 4.78 is 0. The van der Waals surface area contributed by atoms with Gasteiger partial charge in [-0.05, 0) is 50.3 Å². The first kappa shape index (κ1) is 14.7. The number of rotatable bonds is 8. The maximum atomic E-state index is 4.34. The molecule has 0 bridgehead atoms. The summed E-state index contributed by atoms with van der Waals surface area (Å²) in [6.07, 6.45) is 7.02. The van der Waals surface area contributed by atoms with Gasteiger partial charge in [-0.1, -0.05) is 24.3 Å². The molecule has 1 aliphatic rings. The van der Waals surface area contributed by atoms with Gasteiger partial charge in [-0.25, -0.2) is 0 Å². The van der Waals surface area contributed by atoms with Gasteiger partial charge in [-0.2, -0.15) is 0 Å². The average Bonchev–Trinajstić information content (AvgIpc) is 3.21. The fourth-order valence-corrected chi connectivity index (χ4v) is 3.34. The molecular weight excluding hydrogens is 278 g/mol. The van der Waals surface area contributed by atoms with Crippen molar-refractivity contribution in [3.05, 3.63) is 45.4 Å². The molecule has 0 aliphatic heterocycles. The molecular formula is C17H23N3S. The minimum Gasteiger partial charge on any atom is -0.314 e. The highest BCUT2D eigenvalue weighted by atomic mass is 32.1. The van der Waals surface area contributed by atoms with Gasteiger partial charge < -0.3 is 5.32 Å². The lowest BCUT2D eigenvalue weighted by atomic mass is 10.0. The summed E-state index contributed by atoms with van der Waals surface area (Å²) in [6.45, 7) is 3.29. The van der Waals surface area contributed by atoms with Gasteiger partial charge in [0.1, 0.15) is 10.0 Å². The zero-order chi connectivity index (χ0) is 14.5. The highest BCUT2D eigenvalue weighted by molar-refractivity contribution is 7.11. The third-order valence-electron chi connectivity index (χ3n) is 3.96. The van der Waals surface area contributed by atoms with E-state index in [4.69, 9.17) is 0 Å². The van der Waals surface area contributed by atoms with Crippen LogP contribution in [0, 0.1) is 6.92 Å². The summed E-state index contributed by atoms with van der Waals surface area (Å²) in [5.41, 5.74) is 2.79. The maximum Gasteiger partial charge on any atom is 0.117 e. The second-order valence-corrected chi connectivity index (χ2v) is 6.99. The number of nitrogens with one attached hydrogen (secondary N) is 1. The molecule has 1 N–H and O–H groups in total. The summed E-state index contributed by atoms with van der Waals surface area (Å²) in [4.78, 5) is 0. The Morgan fingerprint density at radius 1 is 1.10 bits per heavy atom. The SMILES string of the molecule is Cc1ccccc1CCc1nnc(CCCNC2CC2)s1. The van der Waals surface area contributed by atoms with Crippen LogP contribution in [-0.2, 0) is 19.3 Å². The largest absolute Gasteiger partial charge is 0.314 e. The van der Waals surface area contributed by atoms with Crippen molar-refractivity contribution >= 4 is 11.3 Å². The number of benzene rings is 1. The summed E-state index contributed by atoms with van der Waals surface area (Å²) in [5, 5.41) is 14.6. The van der Waals surface area contributed by atoms with E-state index in [1.165, 1.54) is 40.4 Å². The molecule has 0 spiro atoms. The van der Waals surface area contributed by atoms with Crippen molar-refractivity contribution in [2.45, 2.75) is 51.5 Å². The molecule has 0 atom stereocenters. The van der Waals surface area contributed by atoms with Crippen LogP contribution in [0.1, 0.15) is 40.4 Å². The smallest absolute Gasteiger partial charge is 0.117 e. The molecule has 1 aromatic heterocycles. The van der Waals surface area contributed by atoms with Crippen molar-refractivity contribution in [2.75, 3.05) is 6.54 Å². The summed E-state index contributed by atoms with van der Waals surface area (Å²) >= 11 is 1.78. The lowest BCUT2D eigenvalue weighted by Gasteiger charge is -2.02. The van der Waals surface area contributed by atoms with E-state index in [1.807, 2.05) is 0 Å². The first-order valence-corrected chi connectivity index (χ1v) is 8.72. The second kappa shape index (κ2) is 7.14. The molecule has 1 fully saturated rings. The van der Waals surface area contributed by atoms with Crippen LogP contribution in [0.3, 0.4) is 0 Å². The molecule has 0 unspecified atom stereocenters. The van der Waals surface area contributed by atoms with E-state index in [2.05, 4.69) is 46.7 Å². The van der Waals surface area contributed by atoms with Gasteiger partial charge in [0.2, 0.25) is 0 Å². The highest BCUT2D eigenvalue weighted by Crippen LogP contribution is 2.19. The predicted molar refractivity (Wildman–Crippen MR) is 87.8 cm³/mol. The summed E-state index contributed by atoms with van der Waals surface area (Å²) in [6, 6.07) is 9.40. The van der Waals surface area contributed by atoms with Gasteiger partial charge in [0, 0.05) is 18.9 Å². The monoisotopic (exact) mass is 301 g/mol. The zero-order valence-electron chi connectivity index (χ0n) is 12.6. The molecule has 0 saturated heterocycles. The van der Waals surface area contributed by atoms with E-state index >= 15 is 0 Å². The Labute approximate surface area is 130 Å². The fourth-order valence-electron chi connectivity index (χ4n) is 2.46. The average molecular weight is 301 g/mol. The lowest BCUT2D eigenvalue weighted by molar-refractivity contribution is 0.642. The van der Waals surface area contributed by atoms with E-state index < -0.39 is 0 Å².